The monoisotopic (exact) mass is 2090 g/mol. The predicted molar refractivity (Wildman–Crippen MR) is 570 cm³/mol. The molecule has 9 heterocycles. The van der Waals surface area contributed by atoms with E-state index in [1.807, 2.05) is 83.6 Å². The molecule has 0 radical (unpaired) electrons. The third-order valence-electron chi connectivity index (χ3n) is 24.0. The Morgan fingerprint density at radius 2 is 0.655 bits per heavy atom. The van der Waals surface area contributed by atoms with Crippen LogP contribution < -0.4 is 31.9 Å². The smallest absolute Gasteiger partial charge is 0.251 e. The quantitative estimate of drug-likeness (QED) is 0.0128. The molecule has 3 amide bonds. The maximum absolute atomic E-state index is 12.9. The maximum Gasteiger partial charge on any atom is 0.251 e. The summed E-state index contributed by atoms with van der Waals surface area (Å²) < 4.78 is 0.960. The molecule has 3 saturated heterocycles. The summed E-state index contributed by atoms with van der Waals surface area (Å²) in [5, 5.41) is 57.8. The van der Waals surface area contributed by atoms with Crippen LogP contribution in [0, 0.1) is 0 Å². The van der Waals surface area contributed by atoms with Crippen LogP contribution in [-0.2, 0) is 24.7 Å². The number of hydrogen-bond donors (Lipinski definition) is 9. The fraction of sp³-hybridized carbons (Fsp3) is 0.321. The molecule has 0 aliphatic carbocycles. The first-order valence-corrected chi connectivity index (χ1v) is 52.8. The second-order valence-electron chi connectivity index (χ2n) is 34.8. The number of aliphatic imine (C=N–C) groups is 3. The van der Waals surface area contributed by atoms with Crippen molar-refractivity contribution >= 4 is 177 Å². The number of piperazine rings is 3. The average molecular weight is 2090 g/mol. The Labute approximate surface area is 852 Å². The van der Waals surface area contributed by atoms with E-state index in [0.717, 1.165) is 157 Å². The van der Waals surface area contributed by atoms with E-state index in [2.05, 4.69) is 110 Å². The summed E-state index contributed by atoms with van der Waals surface area (Å²) in [6.45, 7) is 27.8. The van der Waals surface area contributed by atoms with Gasteiger partial charge in [0.05, 0.1) is 53.9 Å². The molecule has 33 heteroatoms. The Morgan fingerprint density at radius 3 is 0.950 bits per heavy atom. The minimum absolute atomic E-state index is 0.0280. The number of carbonyl (C=O) groups is 9. The van der Waals surface area contributed by atoms with E-state index in [1.165, 1.54) is 62.2 Å². The van der Waals surface area contributed by atoms with Crippen molar-refractivity contribution in [3.8, 4) is 48.6 Å². The van der Waals surface area contributed by atoms with Gasteiger partial charge in [0.2, 0.25) is 0 Å². The van der Waals surface area contributed by atoms with Crippen LogP contribution in [0.1, 0.15) is 189 Å². The molecule has 0 spiro atoms. The molecular formula is C106H113BrCl2N12O12S6. The SMILES string of the molecule is CC(=NCC(=O)c1ccc(C(=O)CCc2ccc(C(=O)NCCN3CCNCC3)cc2)s1)c1csc(-c2ccc(Br)cc2)c1O.CC(=NCC(=O)c1ccc(C(=O)CCc2ccc(C(=O)NCCN3CCNCC3)cc2)s1)c1csc(-c2ccc(C(C)(C)C)cc2)c1O.CC(=NCC(=O)c1ccc(C(=O)CCc2ccc(C(=O)NCCN3CCNCC3)cc2)s1)c1csc(-c2ccc(Cl)c(Cl)c2)c1O. The van der Waals surface area contributed by atoms with E-state index in [0.29, 0.717) is 153 Å². The Bertz CT molecular complexity index is 6400. The molecule has 0 unspecified atom stereocenters. The highest BCUT2D eigenvalue weighted by molar-refractivity contribution is 9.10. The van der Waals surface area contributed by atoms with Gasteiger partial charge in [0.1, 0.15) is 36.9 Å². The number of carbonyl (C=O) groups excluding carboxylic acids is 9. The third kappa shape index (κ3) is 30.4. The Hall–Kier alpha value is -10.8. The molecule has 0 bridgehead atoms. The van der Waals surface area contributed by atoms with E-state index in [9.17, 15) is 58.5 Å². The van der Waals surface area contributed by atoms with Gasteiger partial charge >= 0.3 is 0 Å². The highest BCUT2D eigenvalue weighted by Crippen LogP contribution is 2.43. The number of ketones is 6. The Morgan fingerprint density at radius 1 is 0.374 bits per heavy atom. The third-order valence-corrected chi connectivity index (χ3v) is 31.8. The first kappa shape index (κ1) is 106. The van der Waals surface area contributed by atoms with Gasteiger partial charge in [0, 0.05) is 208 Å². The van der Waals surface area contributed by atoms with Gasteiger partial charge in [-0.2, -0.15) is 0 Å². The van der Waals surface area contributed by atoms with Crippen molar-refractivity contribution in [2.75, 3.05) is 137 Å². The minimum Gasteiger partial charge on any atom is -0.506 e. The summed E-state index contributed by atoms with van der Waals surface area (Å²) >= 11 is 23.3. The maximum atomic E-state index is 12.9. The van der Waals surface area contributed by atoms with E-state index < -0.39 is 0 Å². The van der Waals surface area contributed by atoms with Crippen molar-refractivity contribution in [1.29, 1.82) is 0 Å². The van der Waals surface area contributed by atoms with Crippen LogP contribution >= 0.6 is 107 Å². The number of aromatic hydroxyl groups is 3. The van der Waals surface area contributed by atoms with Crippen molar-refractivity contribution in [3.05, 3.63) is 291 Å². The lowest BCUT2D eigenvalue weighted by molar-refractivity contribution is 0.0939. The van der Waals surface area contributed by atoms with E-state index >= 15 is 0 Å². The second-order valence-corrected chi connectivity index (χ2v) is 42.4. The van der Waals surface area contributed by atoms with Gasteiger partial charge in [-0.1, -0.05) is 139 Å². The van der Waals surface area contributed by atoms with Crippen LogP contribution in [-0.4, -0.2) is 237 Å². The number of halogens is 3. The zero-order chi connectivity index (χ0) is 98.7. The van der Waals surface area contributed by atoms with Gasteiger partial charge in [-0.15, -0.1) is 68.0 Å². The number of Topliss-reactive ketones (excluding diaryl/α,β-unsaturated/α-hetero) is 6. The molecule has 3 fully saturated rings. The Balaban J connectivity index is 0.000000176. The molecular weight excluding hydrogens is 1980 g/mol. The number of amides is 3. The van der Waals surface area contributed by atoms with E-state index in [4.69, 9.17) is 23.2 Å². The summed E-state index contributed by atoms with van der Waals surface area (Å²) in [6, 6.07) is 53.2. The molecule has 3 aliphatic rings. The summed E-state index contributed by atoms with van der Waals surface area (Å²) in [5.41, 5.74) is 12.0. The highest BCUT2D eigenvalue weighted by Gasteiger charge is 2.26. The minimum atomic E-state index is -0.204. The number of thiophene rings is 6. The summed E-state index contributed by atoms with van der Waals surface area (Å²) in [5.74, 6) is -0.565. The Kier molecular flexibility index (Phi) is 39.1. The topological polar surface area (TPSA) is 333 Å². The molecule has 6 aromatic heterocycles. The first-order chi connectivity index (χ1) is 67.0. The van der Waals surface area contributed by atoms with Gasteiger partial charge in [-0.3, -0.25) is 72.8 Å². The van der Waals surface area contributed by atoms with E-state index in [-0.39, 0.29) is 94.7 Å². The lowest BCUT2D eigenvalue weighted by atomic mass is 9.86. The first-order valence-electron chi connectivity index (χ1n) is 46.1. The van der Waals surface area contributed by atoms with Crippen LogP contribution in [0.25, 0.3) is 31.3 Å². The van der Waals surface area contributed by atoms with Gasteiger partial charge < -0.3 is 47.2 Å². The summed E-state index contributed by atoms with van der Waals surface area (Å²) in [6.07, 6.45) is 2.52. The average Bonchev–Trinajstić information content (AvgIpc) is 1.69. The second kappa shape index (κ2) is 51.6. The number of benzene rings is 6. The van der Waals surface area contributed by atoms with Gasteiger partial charge in [0.25, 0.3) is 17.7 Å². The van der Waals surface area contributed by atoms with Gasteiger partial charge in [-0.05, 0) is 181 Å². The fourth-order valence-corrected chi connectivity index (χ4v) is 21.8. The van der Waals surface area contributed by atoms with Gasteiger partial charge in [0.15, 0.2) is 34.7 Å². The number of nitrogens with one attached hydrogen (secondary N) is 6. The van der Waals surface area contributed by atoms with Crippen molar-refractivity contribution in [2.45, 2.75) is 85.5 Å². The normalized spacial score (nSPS) is 14.0. The lowest BCUT2D eigenvalue weighted by Crippen LogP contribution is -2.46. The molecule has 0 saturated carbocycles. The molecule has 6 aromatic carbocycles. The number of hydrogen-bond acceptors (Lipinski definition) is 27. The highest BCUT2D eigenvalue weighted by atomic mass is 79.9. The van der Waals surface area contributed by atoms with Crippen LogP contribution in [0.5, 0.6) is 17.2 Å². The molecule has 139 heavy (non-hydrogen) atoms. The van der Waals surface area contributed by atoms with Crippen molar-refractivity contribution < 1.29 is 58.5 Å². The molecule has 0 atom stereocenters. The standard InChI is InChI=1S/C38H44N4O4S2.C34H35BrN4O4S2.C34H34Cl2N4O4S2/c1-25(30-24-47-36(35(30)45)27-10-12-29(13-11-27)38(2,3)4)41-23-32(44)34-16-15-33(48-34)31(43)14-7-26-5-8-28(9-6-26)37(46)40-19-22-42-20-17-39-18-21-42;1-22(27-21-44-33(32(27)42)24-7-9-26(35)10-8-24)38-20-29(41)31-13-12-30(45-31)28(40)11-4-23-2-5-25(6-3-23)34(43)37-16-19-39-17-14-36-15-18-39;1-21(25-20-45-33(32(25)43)24-7-8-26(35)27(36)18-24)39-19-29(42)31-11-10-30(46-31)28(41)9-4-22-2-5-23(6-3-22)34(44)38-14-17-40-15-12-37-13-16-40/h5-6,8-13,15-16,24,39,45H,7,14,17-23H2,1-4H3,(H,40,46);2-3,5-10,12-13,21,36,42H,4,11,14-20H2,1H3,(H,37,43);2-3,5-8,10-11,18,20,37,43H,4,9,12-17,19H2,1H3,(H,38,44). The predicted octanol–water partition coefficient (Wildman–Crippen LogP) is 19.3. The van der Waals surface area contributed by atoms with Crippen molar-refractivity contribution in [3.63, 3.8) is 0 Å². The molecule has 12 aromatic rings. The van der Waals surface area contributed by atoms with Gasteiger partial charge in [-0.25, -0.2) is 0 Å². The number of aryl methyl sites for hydroxylation is 3. The fourth-order valence-electron chi connectivity index (χ4n) is 15.5. The molecule has 9 N–H and O–H groups in total. The van der Waals surface area contributed by atoms with Crippen LogP contribution in [0.4, 0.5) is 0 Å². The summed E-state index contributed by atoms with van der Waals surface area (Å²) in [7, 11) is 0. The van der Waals surface area contributed by atoms with Crippen molar-refractivity contribution in [1.82, 2.24) is 46.6 Å². The lowest BCUT2D eigenvalue weighted by Gasteiger charge is -2.27. The zero-order valence-electron chi connectivity index (χ0n) is 78.3. The molecule has 15 rings (SSSR count). The number of rotatable bonds is 39. The van der Waals surface area contributed by atoms with E-state index in [1.54, 1.807) is 117 Å². The molecule has 3 aliphatic heterocycles. The van der Waals surface area contributed by atoms with Crippen LogP contribution in [0.2, 0.25) is 10.0 Å². The molecule has 726 valence electrons. The van der Waals surface area contributed by atoms with Crippen molar-refractivity contribution in [2.24, 2.45) is 15.0 Å². The van der Waals surface area contributed by atoms with Crippen LogP contribution in [0.3, 0.4) is 0 Å². The summed E-state index contributed by atoms with van der Waals surface area (Å²) in [4.78, 5) is 140. The largest absolute Gasteiger partial charge is 0.506 e. The zero-order valence-corrected chi connectivity index (χ0v) is 86.3. The number of nitrogens with zero attached hydrogens (tertiary/aromatic N) is 6. The van der Waals surface area contributed by atoms with Crippen LogP contribution in [0.15, 0.2) is 212 Å². The molecule has 24 nitrogen and oxygen atoms in total.